The van der Waals surface area contributed by atoms with E-state index in [-0.39, 0.29) is 33.9 Å². The van der Waals surface area contributed by atoms with Crippen molar-refractivity contribution < 1.29 is 27.1 Å². The largest absolute Gasteiger partial charge is 0.494 e. The first-order valence-corrected chi connectivity index (χ1v) is 9.07. The first-order chi connectivity index (χ1) is 12.0. The average Bonchev–Trinajstić information content (AvgIpc) is 3.11. The zero-order valence-electron chi connectivity index (χ0n) is 13.3. The maximum Gasteiger partial charge on any atom is 0.322 e. The first-order valence-electron chi connectivity index (χ1n) is 7.42. The molecular weight excluding hydrogens is 350 g/mol. The van der Waals surface area contributed by atoms with Gasteiger partial charge in [0.25, 0.3) is 11.8 Å². The number of nitrogens with zero attached hydrogens (tertiary/aromatic N) is 2. The summed E-state index contributed by atoms with van der Waals surface area (Å²) in [5.74, 6) is -0.150. The second-order valence-electron chi connectivity index (χ2n) is 5.00. The molecule has 3 rings (SSSR count). The van der Waals surface area contributed by atoms with Gasteiger partial charge in [-0.1, -0.05) is 12.0 Å². The number of carbonyl (C=O) groups is 1. The lowest BCUT2D eigenvalue weighted by Gasteiger charge is -2.11. The molecule has 0 saturated carbocycles. The van der Waals surface area contributed by atoms with Gasteiger partial charge in [-0.05, 0) is 24.3 Å². The van der Waals surface area contributed by atoms with Gasteiger partial charge in [-0.2, -0.15) is 0 Å². The molecule has 0 radical (unpaired) electrons. The van der Waals surface area contributed by atoms with Crippen LogP contribution in [-0.2, 0) is 19.3 Å². The van der Waals surface area contributed by atoms with Gasteiger partial charge in [0.1, 0.15) is 19.5 Å². The van der Waals surface area contributed by atoms with E-state index in [2.05, 4.69) is 15.5 Å². The quantitative estimate of drug-likeness (QED) is 0.845. The molecule has 132 valence electrons. The third-order valence-corrected chi connectivity index (χ3v) is 5.11. The van der Waals surface area contributed by atoms with Gasteiger partial charge in [0.2, 0.25) is 5.76 Å². The normalized spacial score (nSPS) is 14.2. The zero-order valence-corrected chi connectivity index (χ0v) is 14.1. The Morgan fingerprint density at radius 1 is 1.20 bits per heavy atom. The maximum absolute atomic E-state index is 12.2. The van der Waals surface area contributed by atoms with Gasteiger partial charge >= 0.3 is 6.01 Å². The Balaban J connectivity index is 1.70. The molecule has 0 atom stereocenters. The van der Waals surface area contributed by atoms with Crippen LogP contribution in [0.5, 0.6) is 0 Å². The van der Waals surface area contributed by atoms with E-state index in [1.165, 1.54) is 30.5 Å². The molecule has 0 aliphatic carbocycles. The highest BCUT2D eigenvalue weighted by atomic mass is 32.2. The summed E-state index contributed by atoms with van der Waals surface area (Å²) in [5.41, 5.74) is 0.256. The Kier molecular flexibility index (Phi) is 4.70. The molecule has 9 nitrogen and oxygen atoms in total. The Labute approximate surface area is 143 Å². The van der Waals surface area contributed by atoms with Crippen LogP contribution >= 0.6 is 0 Å². The van der Waals surface area contributed by atoms with Crippen molar-refractivity contribution in [2.75, 3.05) is 24.3 Å². The molecule has 1 amide bonds. The Bertz CT molecular complexity index is 902. The number of hydrogen-bond acceptors (Lipinski definition) is 8. The van der Waals surface area contributed by atoms with Gasteiger partial charge in [0, 0.05) is 5.56 Å². The molecule has 1 N–H and O–H groups in total. The molecule has 1 aliphatic heterocycles. The molecule has 0 unspecified atom stereocenters. The summed E-state index contributed by atoms with van der Waals surface area (Å²) in [6.07, 6.45) is 1.36. The molecule has 0 spiro atoms. The minimum absolute atomic E-state index is 0.00899. The molecule has 2 aromatic rings. The summed E-state index contributed by atoms with van der Waals surface area (Å²) in [7, 11) is -3.31. The predicted molar refractivity (Wildman–Crippen MR) is 86.3 cm³/mol. The van der Waals surface area contributed by atoms with Crippen molar-refractivity contribution in [3.63, 3.8) is 0 Å². The number of amides is 1. The van der Waals surface area contributed by atoms with Crippen molar-refractivity contribution >= 4 is 27.5 Å². The van der Waals surface area contributed by atoms with Gasteiger partial charge in [0.05, 0.1) is 10.6 Å². The second kappa shape index (κ2) is 6.93. The predicted octanol–water partition coefficient (Wildman–Crippen LogP) is 1.46. The summed E-state index contributed by atoms with van der Waals surface area (Å²) in [6, 6.07) is 5.47. The van der Waals surface area contributed by atoms with Crippen LogP contribution in [0.25, 0.3) is 5.76 Å². The molecule has 25 heavy (non-hydrogen) atoms. The van der Waals surface area contributed by atoms with Crippen molar-refractivity contribution in [2.24, 2.45) is 0 Å². The number of aromatic nitrogens is 2. The van der Waals surface area contributed by atoms with Crippen LogP contribution in [-0.4, -0.2) is 43.5 Å². The van der Waals surface area contributed by atoms with Crippen molar-refractivity contribution in [2.45, 2.75) is 11.8 Å². The number of carbonyl (C=O) groups excluding carboxylic acids is 1. The van der Waals surface area contributed by atoms with E-state index in [1.807, 2.05) is 0 Å². The van der Waals surface area contributed by atoms with Crippen LogP contribution < -0.4 is 5.32 Å². The van der Waals surface area contributed by atoms with Crippen LogP contribution in [0.4, 0.5) is 6.01 Å². The fourth-order valence-electron chi connectivity index (χ4n) is 2.00. The number of ether oxygens (including phenoxy) is 2. The Morgan fingerprint density at radius 2 is 1.96 bits per heavy atom. The summed E-state index contributed by atoms with van der Waals surface area (Å²) in [4.78, 5) is 12.3. The zero-order chi connectivity index (χ0) is 17.9. The van der Waals surface area contributed by atoms with E-state index < -0.39 is 15.7 Å². The van der Waals surface area contributed by atoms with Crippen molar-refractivity contribution in [3.8, 4) is 0 Å². The van der Waals surface area contributed by atoms with Crippen LogP contribution in [0.15, 0.2) is 39.8 Å². The van der Waals surface area contributed by atoms with E-state index in [1.54, 1.807) is 6.92 Å². The number of sulfone groups is 1. The lowest BCUT2D eigenvalue weighted by Crippen LogP contribution is -2.12. The van der Waals surface area contributed by atoms with Crippen LogP contribution in [0.1, 0.15) is 23.2 Å². The van der Waals surface area contributed by atoms with Gasteiger partial charge in [-0.25, -0.2) is 8.42 Å². The molecule has 0 fully saturated rings. The Morgan fingerprint density at radius 3 is 2.60 bits per heavy atom. The molecule has 2 heterocycles. The third-order valence-electron chi connectivity index (χ3n) is 3.36. The minimum atomic E-state index is -3.31. The van der Waals surface area contributed by atoms with E-state index in [0.717, 1.165) is 0 Å². The highest BCUT2D eigenvalue weighted by Crippen LogP contribution is 2.19. The SMILES string of the molecule is CCS(=O)(=O)c1ccc(C(=O)Nc2nnc(C3=COCCO3)o2)cc1. The Hall–Kier alpha value is -2.88. The average molecular weight is 365 g/mol. The summed E-state index contributed by atoms with van der Waals surface area (Å²) in [5, 5.41) is 9.90. The van der Waals surface area contributed by atoms with Crippen molar-refractivity contribution in [1.29, 1.82) is 0 Å². The van der Waals surface area contributed by atoms with Crippen LogP contribution in [0.2, 0.25) is 0 Å². The standard InChI is InChI=1S/C15H15N3O6S/c1-2-25(20,21)11-5-3-10(4-6-11)13(19)16-15-18-17-14(24-15)12-9-22-7-8-23-12/h3-6,9H,2,7-8H2,1H3,(H,16,18,19). The molecule has 0 bridgehead atoms. The molecule has 1 aromatic heterocycles. The number of nitrogens with one attached hydrogen (secondary N) is 1. The molecule has 0 saturated heterocycles. The van der Waals surface area contributed by atoms with Crippen molar-refractivity contribution in [1.82, 2.24) is 10.2 Å². The van der Waals surface area contributed by atoms with Gasteiger partial charge in [-0.3, -0.25) is 10.1 Å². The smallest absolute Gasteiger partial charge is 0.322 e. The van der Waals surface area contributed by atoms with Gasteiger partial charge in [-0.15, -0.1) is 5.10 Å². The molecule has 1 aliphatic rings. The summed E-state index contributed by atoms with van der Waals surface area (Å²) < 4.78 is 39.2. The highest BCUT2D eigenvalue weighted by Gasteiger charge is 2.18. The van der Waals surface area contributed by atoms with E-state index in [0.29, 0.717) is 13.2 Å². The lowest BCUT2D eigenvalue weighted by atomic mass is 10.2. The lowest BCUT2D eigenvalue weighted by molar-refractivity contribution is 0.102. The number of anilines is 1. The van der Waals surface area contributed by atoms with Crippen LogP contribution in [0.3, 0.4) is 0 Å². The molecule has 1 aromatic carbocycles. The first kappa shape index (κ1) is 17.0. The number of rotatable bonds is 5. The summed E-state index contributed by atoms with van der Waals surface area (Å²) >= 11 is 0. The van der Waals surface area contributed by atoms with E-state index in [9.17, 15) is 13.2 Å². The topological polar surface area (TPSA) is 121 Å². The molecular formula is C15H15N3O6S. The molecule has 10 heteroatoms. The third kappa shape index (κ3) is 3.79. The summed E-state index contributed by atoms with van der Waals surface area (Å²) in [6.45, 7) is 2.35. The fourth-order valence-corrected chi connectivity index (χ4v) is 2.89. The van der Waals surface area contributed by atoms with Gasteiger partial charge in [0.15, 0.2) is 9.84 Å². The van der Waals surface area contributed by atoms with E-state index in [4.69, 9.17) is 13.9 Å². The van der Waals surface area contributed by atoms with E-state index >= 15 is 0 Å². The fraction of sp³-hybridized carbons (Fsp3) is 0.267. The highest BCUT2D eigenvalue weighted by molar-refractivity contribution is 7.91. The number of hydrogen-bond donors (Lipinski definition) is 1. The minimum Gasteiger partial charge on any atom is -0.494 e. The number of benzene rings is 1. The monoisotopic (exact) mass is 365 g/mol. The van der Waals surface area contributed by atoms with Gasteiger partial charge < -0.3 is 13.9 Å². The maximum atomic E-state index is 12.2. The van der Waals surface area contributed by atoms with Crippen LogP contribution in [0, 0.1) is 0 Å². The second-order valence-corrected chi connectivity index (χ2v) is 7.27. The van der Waals surface area contributed by atoms with Crippen molar-refractivity contribution in [3.05, 3.63) is 42.0 Å².